The minimum absolute atomic E-state index is 0.992. The molecule has 3 aromatic rings. The fourth-order valence-corrected chi connectivity index (χ4v) is 3.22. The number of para-hydroxylation sites is 1. The lowest BCUT2D eigenvalue weighted by Crippen LogP contribution is -2.19. The average molecular weight is 285 g/mol. The van der Waals surface area contributed by atoms with Crippen LogP contribution in [0.15, 0.2) is 78.9 Å². The molecule has 0 bridgehead atoms. The molecule has 108 valence electrons. The molecule has 0 fully saturated rings. The first-order chi connectivity index (χ1) is 10.9. The predicted octanol–water partition coefficient (Wildman–Crippen LogP) is 4.92. The molecular formula is C21H19N. The molecule has 0 N–H and O–H groups in total. The Morgan fingerprint density at radius 3 is 2.18 bits per heavy atom. The summed E-state index contributed by atoms with van der Waals surface area (Å²) in [6.07, 6.45) is 1.16. The van der Waals surface area contributed by atoms with E-state index in [4.69, 9.17) is 0 Å². The van der Waals surface area contributed by atoms with Crippen LogP contribution in [0.25, 0.3) is 11.1 Å². The molecule has 0 spiro atoms. The van der Waals surface area contributed by atoms with Crippen molar-refractivity contribution in [3.63, 3.8) is 0 Å². The van der Waals surface area contributed by atoms with Gasteiger partial charge in [0.15, 0.2) is 0 Å². The summed E-state index contributed by atoms with van der Waals surface area (Å²) in [4.78, 5) is 2.48. The van der Waals surface area contributed by atoms with Crippen molar-refractivity contribution in [1.29, 1.82) is 0 Å². The van der Waals surface area contributed by atoms with Crippen LogP contribution >= 0.6 is 0 Å². The number of nitrogens with zero attached hydrogens (tertiary/aromatic N) is 1. The van der Waals surface area contributed by atoms with Crippen LogP contribution in [0.5, 0.6) is 0 Å². The van der Waals surface area contributed by atoms with Crippen LogP contribution < -0.4 is 4.90 Å². The van der Waals surface area contributed by atoms with E-state index >= 15 is 0 Å². The molecule has 0 radical (unpaired) electrons. The van der Waals surface area contributed by atoms with Gasteiger partial charge in [0.25, 0.3) is 0 Å². The molecule has 0 saturated carbocycles. The largest absolute Gasteiger partial charge is 0.367 e. The standard InChI is InChI=1S/C21H19N/c1-2-6-18(7-3-1)19-12-10-17(11-13-19)16-22-15-14-20-8-4-5-9-21(20)22/h1-13H,14-16H2. The Labute approximate surface area is 131 Å². The van der Waals surface area contributed by atoms with Crippen molar-refractivity contribution in [2.45, 2.75) is 13.0 Å². The number of fused-ring (bicyclic) bond motifs is 1. The second kappa shape index (κ2) is 5.69. The molecule has 1 aliphatic rings. The third-order valence-corrected chi connectivity index (χ3v) is 4.42. The highest BCUT2D eigenvalue weighted by Crippen LogP contribution is 2.29. The number of anilines is 1. The van der Waals surface area contributed by atoms with Crippen molar-refractivity contribution in [1.82, 2.24) is 0 Å². The Hall–Kier alpha value is -2.54. The summed E-state index contributed by atoms with van der Waals surface area (Å²) in [7, 11) is 0. The van der Waals surface area contributed by atoms with Gasteiger partial charge in [-0.3, -0.25) is 0 Å². The SMILES string of the molecule is c1ccc(-c2ccc(CN3CCc4ccccc43)cc2)cc1. The molecule has 0 aliphatic carbocycles. The van der Waals surface area contributed by atoms with E-state index in [-0.39, 0.29) is 0 Å². The Morgan fingerprint density at radius 2 is 1.36 bits per heavy atom. The first-order valence-electron chi connectivity index (χ1n) is 7.87. The number of hydrogen-bond acceptors (Lipinski definition) is 1. The van der Waals surface area contributed by atoms with Crippen molar-refractivity contribution in [2.75, 3.05) is 11.4 Å². The van der Waals surface area contributed by atoms with Gasteiger partial charge in [0, 0.05) is 18.8 Å². The summed E-state index contributed by atoms with van der Waals surface area (Å²) >= 11 is 0. The molecule has 0 atom stereocenters. The fraction of sp³-hybridized carbons (Fsp3) is 0.143. The summed E-state index contributed by atoms with van der Waals surface area (Å²) < 4.78 is 0. The smallest absolute Gasteiger partial charge is 0.0429 e. The zero-order valence-electron chi connectivity index (χ0n) is 12.6. The van der Waals surface area contributed by atoms with Crippen LogP contribution in [0.2, 0.25) is 0 Å². The van der Waals surface area contributed by atoms with Crippen molar-refractivity contribution < 1.29 is 0 Å². The minimum atomic E-state index is 0.992. The highest BCUT2D eigenvalue weighted by atomic mass is 15.1. The van der Waals surface area contributed by atoms with E-state index in [1.165, 1.54) is 27.9 Å². The van der Waals surface area contributed by atoms with E-state index in [1.54, 1.807) is 0 Å². The van der Waals surface area contributed by atoms with Crippen LogP contribution in [-0.2, 0) is 13.0 Å². The van der Waals surface area contributed by atoms with E-state index in [0.29, 0.717) is 0 Å². The van der Waals surface area contributed by atoms with E-state index in [2.05, 4.69) is 83.8 Å². The van der Waals surface area contributed by atoms with E-state index in [1.807, 2.05) is 0 Å². The first kappa shape index (κ1) is 13.1. The third-order valence-electron chi connectivity index (χ3n) is 4.42. The van der Waals surface area contributed by atoms with Crippen LogP contribution in [0, 0.1) is 0 Å². The van der Waals surface area contributed by atoms with Crippen LogP contribution in [-0.4, -0.2) is 6.54 Å². The molecule has 1 aliphatic heterocycles. The maximum absolute atomic E-state index is 2.48. The molecule has 0 unspecified atom stereocenters. The predicted molar refractivity (Wildman–Crippen MR) is 93.1 cm³/mol. The maximum Gasteiger partial charge on any atom is 0.0429 e. The zero-order valence-corrected chi connectivity index (χ0v) is 12.6. The van der Waals surface area contributed by atoms with Crippen LogP contribution in [0.4, 0.5) is 5.69 Å². The van der Waals surface area contributed by atoms with Crippen LogP contribution in [0.3, 0.4) is 0 Å². The van der Waals surface area contributed by atoms with Gasteiger partial charge in [-0.25, -0.2) is 0 Å². The normalized spacial score (nSPS) is 13.2. The molecule has 0 saturated heterocycles. The van der Waals surface area contributed by atoms with Gasteiger partial charge in [-0.05, 0) is 34.7 Å². The van der Waals surface area contributed by atoms with Crippen molar-refractivity contribution in [3.8, 4) is 11.1 Å². The van der Waals surface area contributed by atoms with E-state index < -0.39 is 0 Å². The molecule has 22 heavy (non-hydrogen) atoms. The third kappa shape index (κ3) is 2.50. The summed E-state index contributed by atoms with van der Waals surface area (Å²) in [5.74, 6) is 0. The number of hydrogen-bond donors (Lipinski definition) is 0. The lowest BCUT2D eigenvalue weighted by atomic mass is 10.0. The molecule has 1 heteroatoms. The Bertz CT molecular complexity index is 759. The molecule has 4 rings (SSSR count). The molecule has 0 amide bonds. The number of benzene rings is 3. The highest BCUT2D eigenvalue weighted by Gasteiger charge is 2.17. The Kier molecular flexibility index (Phi) is 3.40. The monoisotopic (exact) mass is 285 g/mol. The second-order valence-corrected chi connectivity index (χ2v) is 5.86. The molecular weight excluding hydrogens is 266 g/mol. The summed E-state index contributed by atoms with van der Waals surface area (Å²) in [6.45, 7) is 2.12. The molecule has 3 aromatic carbocycles. The minimum Gasteiger partial charge on any atom is -0.367 e. The quantitative estimate of drug-likeness (QED) is 0.660. The number of rotatable bonds is 3. The van der Waals surface area contributed by atoms with Gasteiger partial charge >= 0.3 is 0 Å². The fourth-order valence-electron chi connectivity index (χ4n) is 3.22. The van der Waals surface area contributed by atoms with Crippen molar-refractivity contribution in [3.05, 3.63) is 90.0 Å². The summed E-state index contributed by atoms with van der Waals surface area (Å²) in [5, 5.41) is 0. The lowest BCUT2D eigenvalue weighted by molar-refractivity contribution is 0.836. The van der Waals surface area contributed by atoms with Crippen molar-refractivity contribution in [2.24, 2.45) is 0 Å². The van der Waals surface area contributed by atoms with Crippen molar-refractivity contribution >= 4 is 5.69 Å². The van der Waals surface area contributed by atoms with Crippen LogP contribution in [0.1, 0.15) is 11.1 Å². The van der Waals surface area contributed by atoms with E-state index in [0.717, 1.165) is 19.5 Å². The summed E-state index contributed by atoms with van der Waals surface area (Å²) in [5.41, 5.74) is 6.81. The maximum atomic E-state index is 2.48. The Balaban J connectivity index is 1.53. The summed E-state index contributed by atoms with van der Waals surface area (Å²) in [6, 6.07) is 28.3. The van der Waals surface area contributed by atoms with Gasteiger partial charge in [-0.2, -0.15) is 0 Å². The molecule has 1 heterocycles. The first-order valence-corrected chi connectivity index (χ1v) is 7.87. The van der Waals surface area contributed by atoms with Gasteiger partial charge in [0.1, 0.15) is 0 Å². The zero-order chi connectivity index (χ0) is 14.8. The van der Waals surface area contributed by atoms with Gasteiger partial charge in [-0.15, -0.1) is 0 Å². The molecule has 0 aromatic heterocycles. The topological polar surface area (TPSA) is 3.24 Å². The Morgan fingerprint density at radius 1 is 0.682 bits per heavy atom. The van der Waals surface area contributed by atoms with Gasteiger partial charge in [0.05, 0.1) is 0 Å². The van der Waals surface area contributed by atoms with Gasteiger partial charge < -0.3 is 4.90 Å². The van der Waals surface area contributed by atoms with Gasteiger partial charge in [0.2, 0.25) is 0 Å². The lowest BCUT2D eigenvalue weighted by Gasteiger charge is -2.19. The second-order valence-electron chi connectivity index (χ2n) is 5.86. The van der Waals surface area contributed by atoms with Gasteiger partial charge in [-0.1, -0.05) is 72.8 Å². The van der Waals surface area contributed by atoms with E-state index in [9.17, 15) is 0 Å². The average Bonchev–Trinajstić information content (AvgIpc) is 3.00. The highest BCUT2D eigenvalue weighted by molar-refractivity contribution is 5.64. The molecule has 1 nitrogen and oxygen atoms in total.